The Labute approximate surface area is 191 Å². The van der Waals surface area contributed by atoms with Crippen LogP contribution in [0, 0.1) is 0 Å². The Morgan fingerprint density at radius 3 is 2.69 bits per heavy atom. The Kier molecular flexibility index (Phi) is 9.83. The van der Waals surface area contributed by atoms with Gasteiger partial charge >= 0.3 is 0 Å². The minimum absolute atomic E-state index is 0. The van der Waals surface area contributed by atoms with E-state index < -0.39 is 0 Å². The van der Waals surface area contributed by atoms with E-state index in [0.29, 0.717) is 0 Å². The first-order valence-corrected chi connectivity index (χ1v) is 10.4. The van der Waals surface area contributed by atoms with Gasteiger partial charge in [0, 0.05) is 38.8 Å². The number of carbonyl (C=O) groups is 1. The zero-order chi connectivity index (χ0) is 19.8. The first-order valence-electron chi connectivity index (χ1n) is 10.4. The number of nitrogens with one attached hydrogen (secondary N) is 2. The van der Waals surface area contributed by atoms with Crippen LogP contribution in [-0.2, 0) is 4.79 Å². The number of anilines is 1. The first-order chi connectivity index (χ1) is 13.7. The van der Waals surface area contributed by atoms with E-state index in [2.05, 4.69) is 26.6 Å². The Morgan fingerprint density at radius 2 is 1.97 bits per heavy atom. The molecule has 3 rings (SSSR count). The molecular weight excluding hydrogens is 481 g/mol. The summed E-state index contributed by atoms with van der Waals surface area (Å²) in [5, 5.41) is 6.77. The fourth-order valence-corrected chi connectivity index (χ4v) is 3.89. The number of nitrogens with zero attached hydrogens (tertiary/aromatic N) is 3. The molecule has 2 aliphatic rings. The average Bonchev–Trinajstić information content (AvgIpc) is 3.21. The van der Waals surface area contributed by atoms with Gasteiger partial charge in [-0.05, 0) is 44.7 Å². The summed E-state index contributed by atoms with van der Waals surface area (Å²) in [6.07, 6.45) is 4.45. The second-order valence-electron chi connectivity index (χ2n) is 7.38. The van der Waals surface area contributed by atoms with Crippen molar-refractivity contribution < 1.29 is 9.53 Å². The van der Waals surface area contributed by atoms with Crippen molar-refractivity contribution in [2.75, 3.05) is 51.3 Å². The number of hydrogen-bond acceptors (Lipinski definition) is 4. The number of carbonyl (C=O) groups excluding carboxylic acids is 1. The standard InChI is InChI=1S/C21H33N5O2.HI/c1-3-22-21(23-15-20(27)25-12-7-4-8-13-25)24-17-11-14-26(16-17)18-9-5-6-10-19(18)28-2;/h5-6,9-10,17H,3-4,7-8,11-16H2,1-2H3,(H2,22,23,24);1H. The second kappa shape index (κ2) is 12.1. The summed E-state index contributed by atoms with van der Waals surface area (Å²) in [6.45, 7) is 6.60. The molecule has 8 heteroatoms. The van der Waals surface area contributed by atoms with Crippen molar-refractivity contribution in [3.05, 3.63) is 24.3 Å². The van der Waals surface area contributed by atoms with E-state index in [4.69, 9.17) is 4.74 Å². The third kappa shape index (κ3) is 6.65. The first kappa shape index (κ1) is 23.6. The van der Waals surface area contributed by atoms with Gasteiger partial charge in [0.1, 0.15) is 12.3 Å². The molecule has 0 spiro atoms. The maximum atomic E-state index is 12.4. The molecular formula is C21H34IN5O2. The number of rotatable bonds is 6. The average molecular weight is 515 g/mol. The van der Waals surface area contributed by atoms with Crippen LogP contribution in [0.25, 0.3) is 0 Å². The summed E-state index contributed by atoms with van der Waals surface area (Å²) < 4.78 is 5.49. The van der Waals surface area contributed by atoms with Gasteiger partial charge in [0.15, 0.2) is 5.96 Å². The number of likely N-dealkylation sites (tertiary alicyclic amines) is 1. The van der Waals surface area contributed by atoms with Crippen molar-refractivity contribution in [1.82, 2.24) is 15.5 Å². The van der Waals surface area contributed by atoms with Gasteiger partial charge < -0.3 is 25.2 Å². The second-order valence-corrected chi connectivity index (χ2v) is 7.38. The van der Waals surface area contributed by atoms with Gasteiger partial charge in [0.25, 0.3) is 0 Å². The van der Waals surface area contributed by atoms with Crippen LogP contribution >= 0.6 is 24.0 Å². The van der Waals surface area contributed by atoms with Crippen LogP contribution in [-0.4, -0.2) is 69.2 Å². The Hall–Kier alpha value is -1.71. The summed E-state index contributed by atoms with van der Waals surface area (Å²) in [6, 6.07) is 8.40. The van der Waals surface area contributed by atoms with E-state index in [0.717, 1.165) is 69.4 Å². The molecule has 2 saturated heterocycles. The molecule has 2 N–H and O–H groups in total. The third-order valence-corrected chi connectivity index (χ3v) is 5.38. The Balaban J connectivity index is 0.00000300. The van der Waals surface area contributed by atoms with Gasteiger partial charge in [-0.15, -0.1) is 24.0 Å². The monoisotopic (exact) mass is 515 g/mol. The molecule has 0 aliphatic carbocycles. The number of amides is 1. The summed E-state index contributed by atoms with van der Waals surface area (Å²) in [7, 11) is 1.71. The van der Waals surface area contributed by atoms with Crippen LogP contribution in [0.3, 0.4) is 0 Å². The molecule has 162 valence electrons. The Bertz CT molecular complexity index is 679. The number of ether oxygens (including phenoxy) is 1. The summed E-state index contributed by atoms with van der Waals surface area (Å²) in [4.78, 5) is 21.2. The molecule has 1 atom stereocenters. The molecule has 2 heterocycles. The van der Waals surface area contributed by atoms with Crippen molar-refractivity contribution >= 4 is 41.5 Å². The van der Waals surface area contributed by atoms with Crippen molar-refractivity contribution in [2.24, 2.45) is 4.99 Å². The van der Waals surface area contributed by atoms with E-state index in [-0.39, 0.29) is 42.5 Å². The quantitative estimate of drug-likeness (QED) is 0.346. The number of halogens is 1. The fourth-order valence-electron chi connectivity index (χ4n) is 3.89. The molecule has 1 aromatic carbocycles. The largest absolute Gasteiger partial charge is 0.495 e. The van der Waals surface area contributed by atoms with Gasteiger partial charge in [-0.1, -0.05) is 12.1 Å². The van der Waals surface area contributed by atoms with Crippen molar-refractivity contribution in [2.45, 2.75) is 38.6 Å². The predicted octanol–water partition coefficient (Wildman–Crippen LogP) is 2.46. The van der Waals surface area contributed by atoms with E-state index in [1.807, 2.05) is 30.0 Å². The van der Waals surface area contributed by atoms with Crippen molar-refractivity contribution in [3.63, 3.8) is 0 Å². The summed E-state index contributed by atoms with van der Waals surface area (Å²) in [5.41, 5.74) is 1.12. The fraction of sp³-hybridized carbons (Fsp3) is 0.619. The zero-order valence-electron chi connectivity index (χ0n) is 17.5. The molecule has 0 saturated carbocycles. The number of benzene rings is 1. The highest BCUT2D eigenvalue weighted by Gasteiger charge is 2.25. The minimum atomic E-state index is 0. The van der Waals surface area contributed by atoms with Gasteiger partial charge in [-0.25, -0.2) is 4.99 Å². The topological polar surface area (TPSA) is 69.2 Å². The van der Waals surface area contributed by atoms with Crippen LogP contribution in [0.4, 0.5) is 5.69 Å². The zero-order valence-corrected chi connectivity index (χ0v) is 19.9. The van der Waals surface area contributed by atoms with E-state index >= 15 is 0 Å². The lowest BCUT2D eigenvalue weighted by atomic mass is 10.1. The molecule has 1 unspecified atom stereocenters. The van der Waals surface area contributed by atoms with Crippen molar-refractivity contribution in [3.8, 4) is 5.75 Å². The van der Waals surface area contributed by atoms with Crippen LogP contribution < -0.4 is 20.3 Å². The SMILES string of the molecule is CCNC(=NCC(=O)N1CCCCC1)NC1CCN(c2ccccc2OC)C1.I. The highest BCUT2D eigenvalue weighted by atomic mass is 127. The smallest absolute Gasteiger partial charge is 0.244 e. The lowest BCUT2D eigenvalue weighted by Gasteiger charge is -2.26. The van der Waals surface area contributed by atoms with Crippen LogP contribution in [0.1, 0.15) is 32.6 Å². The minimum Gasteiger partial charge on any atom is -0.495 e. The van der Waals surface area contributed by atoms with Gasteiger partial charge in [-0.2, -0.15) is 0 Å². The number of methoxy groups -OCH3 is 1. The predicted molar refractivity (Wildman–Crippen MR) is 129 cm³/mol. The third-order valence-electron chi connectivity index (χ3n) is 5.38. The van der Waals surface area contributed by atoms with Gasteiger partial charge in [0.2, 0.25) is 5.91 Å². The number of para-hydroxylation sites is 2. The molecule has 0 aromatic heterocycles. The number of aliphatic imine (C=N–C) groups is 1. The lowest BCUT2D eigenvalue weighted by molar-refractivity contribution is -0.130. The van der Waals surface area contributed by atoms with E-state index in [9.17, 15) is 4.79 Å². The molecule has 1 aromatic rings. The number of piperidine rings is 1. The summed E-state index contributed by atoms with van der Waals surface area (Å²) >= 11 is 0. The lowest BCUT2D eigenvalue weighted by Crippen LogP contribution is -2.45. The molecule has 2 fully saturated rings. The normalized spacial score (nSPS) is 19.5. The summed E-state index contributed by atoms with van der Waals surface area (Å²) in [5.74, 6) is 1.74. The van der Waals surface area contributed by atoms with Gasteiger partial charge in [0.05, 0.1) is 12.8 Å². The van der Waals surface area contributed by atoms with Crippen LogP contribution in [0.2, 0.25) is 0 Å². The maximum absolute atomic E-state index is 12.4. The highest BCUT2D eigenvalue weighted by molar-refractivity contribution is 14.0. The molecule has 2 aliphatic heterocycles. The van der Waals surface area contributed by atoms with E-state index in [1.165, 1.54) is 6.42 Å². The Morgan fingerprint density at radius 1 is 1.21 bits per heavy atom. The molecule has 0 radical (unpaired) electrons. The van der Waals surface area contributed by atoms with Crippen LogP contribution in [0.15, 0.2) is 29.3 Å². The molecule has 29 heavy (non-hydrogen) atoms. The maximum Gasteiger partial charge on any atom is 0.244 e. The van der Waals surface area contributed by atoms with E-state index in [1.54, 1.807) is 7.11 Å². The van der Waals surface area contributed by atoms with Crippen LogP contribution in [0.5, 0.6) is 5.75 Å². The number of guanidine groups is 1. The van der Waals surface area contributed by atoms with Crippen molar-refractivity contribution in [1.29, 1.82) is 0 Å². The highest BCUT2D eigenvalue weighted by Crippen LogP contribution is 2.30. The molecule has 0 bridgehead atoms. The number of hydrogen-bond donors (Lipinski definition) is 2. The van der Waals surface area contributed by atoms with Gasteiger partial charge in [-0.3, -0.25) is 4.79 Å². The molecule has 7 nitrogen and oxygen atoms in total. The molecule has 1 amide bonds.